The molecule has 6 heteroatoms. The van der Waals surface area contributed by atoms with Gasteiger partial charge < -0.3 is 4.74 Å². The van der Waals surface area contributed by atoms with Crippen LogP contribution < -0.4 is 4.74 Å². The van der Waals surface area contributed by atoms with Crippen molar-refractivity contribution in [3.63, 3.8) is 0 Å². The van der Waals surface area contributed by atoms with Crippen molar-refractivity contribution in [1.82, 2.24) is 9.55 Å². The van der Waals surface area contributed by atoms with Gasteiger partial charge in [0, 0.05) is 16.2 Å². The minimum atomic E-state index is -0.765. The first-order valence-corrected chi connectivity index (χ1v) is 6.56. The maximum Gasteiger partial charge on any atom is 0.194 e. The largest absolute Gasteiger partial charge is 0.491 e. The summed E-state index contributed by atoms with van der Waals surface area (Å²) in [5, 5.41) is 0. The third-order valence-electron chi connectivity index (χ3n) is 2.99. The van der Waals surface area contributed by atoms with E-state index in [0.29, 0.717) is 0 Å². The van der Waals surface area contributed by atoms with Gasteiger partial charge in [0.1, 0.15) is 11.8 Å². The van der Waals surface area contributed by atoms with Gasteiger partial charge in [0.15, 0.2) is 17.4 Å². The van der Waals surface area contributed by atoms with Crippen molar-refractivity contribution in [1.29, 1.82) is 0 Å². The number of halogens is 3. The Bertz CT molecular complexity index is 784. The molecular weight excluding hydrogens is 330 g/mol. The van der Waals surface area contributed by atoms with Gasteiger partial charge in [0.05, 0.1) is 12.6 Å². The number of imidazole rings is 1. The number of hydrogen-bond donors (Lipinski definition) is 0. The van der Waals surface area contributed by atoms with Crippen molar-refractivity contribution < 1.29 is 13.5 Å². The van der Waals surface area contributed by atoms with E-state index in [1.807, 2.05) is 12.1 Å². The van der Waals surface area contributed by atoms with Crippen LogP contribution in [0.4, 0.5) is 8.78 Å². The second-order valence-corrected chi connectivity index (χ2v) is 5.08. The molecule has 0 aliphatic carbocycles. The van der Waals surface area contributed by atoms with Crippen LogP contribution in [0.3, 0.4) is 0 Å². The van der Waals surface area contributed by atoms with E-state index in [1.165, 1.54) is 13.4 Å². The molecule has 0 saturated carbocycles. The fraction of sp³-hybridized carbons (Fsp3) is 0.0714. The van der Waals surface area contributed by atoms with E-state index in [0.717, 1.165) is 16.2 Å². The first-order valence-electron chi connectivity index (χ1n) is 5.77. The van der Waals surface area contributed by atoms with Crippen molar-refractivity contribution >= 4 is 27.0 Å². The van der Waals surface area contributed by atoms with Crippen LogP contribution in [0.2, 0.25) is 0 Å². The minimum Gasteiger partial charge on any atom is -0.491 e. The molecule has 0 unspecified atom stereocenters. The molecule has 20 heavy (non-hydrogen) atoms. The summed E-state index contributed by atoms with van der Waals surface area (Å²) in [6, 6.07) is 8.44. The molecule has 0 atom stereocenters. The van der Waals surface area contributed by atoms with Crippen LogP contribution in [0.25, 0.3) is 16.7 Å². The van der Waals surface area contributed by atoms with Crippen molar-refractivity contribution in [2.24, 2.45) is 0 Å². The van der Waals surface area contributed by atoms with E-state index in [4.69, 9.17) is 4.74 Å². The monoisotopic (exact) mass is 338 g/mol. The van der Waals surface area contributed by atoms with Gasteiger partial charge in [-0.2, -0.15) is 0 Å². The third-order valence-corrected chi connectivity index (χ3v) is 3.52. The smallest absolute Gasteiger partial charge is 0.194 e. The van der Waals surface area contributed by atoms with Crippen molar-refractivity contribution in [3.8, 4) is 11.4 Å². The molecule has 0 N–H and O–H groups in total. The molecule has 0 bridgehead atoms. The quantitative estimate of drug-likeness (QED) is 0.704. The lowest BCUT2D eigenvalue weighted by atomic mass is 10.2. The summed E-state index contributed by atoms with van der Waals surface area (Å²) in [5.41, 5.74) is 1.15. The topological polar surface area (TPSA) is 27.1 Å². The second kappa shape index (κ2) is 4.86. The summed E-state index contributed by atoms with van der Waals surface area (Å²) in [4.78, 5) is 4.03. The summed E-state index contributed by atoms with van der Waals surface area (Å²) >= 11 is 3.34. The normalized spacial score (nSPS) is 11.0. The molecule has 3 aromatic rings. The SMILES string of the molecule is COc1c(F)cc2ncn(-c3ccc(Br)cc3)c2c1F. The molecule has 3 nitrogen and oxygen atoms in total. The number of methoxy groups -OCH3 is 1. The number of ether oxygens (including phenoxy) is 1. The number of fused-ring (bicyclic) bond motifs is 1. The Balaban J connectivity index is 2.30. The minimum absolute atomic E-state index is 0.186. The zero-order chi connectivity index (χ0) is 14.3. The van der Waals surface area contributed by atoms with E-state index in [-0.39, 0.29) is 11.0 Å². The lowest BCUT2D eigenvalue weighted by molar-refractivity contribution is 0.362. The fourth-order valence-electron chi connectivity index (χ4n) is 2.07. The van der Waals surface area contributed by atoms with Crippen LogP contribution in [0.5, 0.6) is 5.75 Å². The zero-order valence-corrected chi connectivity index (χ0v) is 12.0. The predicted molar refractivity (Wildman–Crippen MR) is 75.2 cm³/mol. The van der Waals surface area contributed by atoms with Gasteiger partial charge in [-0.3, -0.25) is 4.57 Å². The van der Waals surface area contributed by atoms with Gasteiger partial charge in [0.2, 0.25) is 0 Å². The standard InChI is InChI=1S/C14H9BrF2N2O/c1-20-14-10(16)6-11-13(12(14)17)19(7-18-11)9-4-2-8(15)3-5-9/h2-7H,1H3. The van der Waals surface area contributed by atoms with Crippen molar-refractivity contribution in [2.45, 2.75) is 0 Å². The Hall–Kier alpha value is -1.95. The van der Waals surface area contributed by atoms with Crippen molar-refractivity contribution in [3.05, 3.63) is 52.8 Å². The second-order valence-electron chi connectivity index (χ2n) is 4.16. The number of aromatic nitrogens is 2. The van der Waals surface area contributed by atoms with Crippen LogP contribution in [-0.4, -0.2) is 16.7 Å². The van der Waals surface area contributed by atoms with Gasteiger partial charge in [-0.05, 0) is 24.3 Å². The van der Waals surface area contributed by atoms with Crippen LogP contribution >= 0.6 is 15.9 Å². The molecular formula is C14H9BrF2N2O. The zero-order valence-electron chi connectivity index (χ0n) is 10.4. The van der Waals surface area contributed by atoms with E-state index in [1.54, 1.807) is 16.7 Å². The summed E-state index contributed by atoms with van der Waals surface area (Å²) in [7, 11) is 1.23. The highest BCUT2D eigenvalue weighted by Crippen LogP contribution is 2.30. The Morgan fingerprint density at radius 3 is 2.55 bits per heavy atom. The van der Waals surface area contributed by atoms with E-state index in [2.05, 4.69) is 20.9 Å². The van der Waals surface area contributed by atoms with E-state index in [9.17, 15) is 8.78 Å². The summed E-state index contributed by atoms with van der Waals surface area (Å²) < 4.78 is 35.2. The molecule has 0 aliphatic heterocycles. The van der Waals surface area contributed by atoms with Crippen LogP contribution in [0, 0.1) is 11.6 Å². The molecule has 0 radical (unpaired) electrons. The highest BCUT2D eigenvalue weighted by atomic mass is 79.9. The molecule has 0 saturated heterocycles. The Morgan fingerprint density at radius 2 is 1.90 bits per heavy atom. The first kappa shape index (κ1) is 13.1. The van der Waals surface area contributed by atoms with Crippen LogP contribution in [0.15, 0.2) is 41.1 Å². The molecule has 0 aliphatic rings. The predicted octanol–water partition coefficient (Wildman–Crippen LogP) is 4.07. The first-order chi connectivity index (χ1) is 9.61. The molecule has 3 rings (SSSR count). The molecule has 0 spiro atoms. The number of nitrogens with zero attached hydrogens (tertiary/aromatic N) is 2. The van der Waals surface area contributed by atoms with Gasteiger partial charge in [-0.1, -0.05) is 15.9 Å². The molecule has 0 fully saturated rings. The summed E-state index contributed by atoms with van der Waals surface area (Å²) in [6.45, 7) is 0. The third kappa shape index (κ3) is 1.96. The van der Waals surface area contributed by atoms with Crippen LogP contribution in [-0.2, 0) is 0 Å². The Kier molecular flexibility index (Phi) is 3.17. The molecule has 0 amide bonds. The Labute approximate surface area is 121 Å². The highest BCUT2D eigenvalue weighted by molar-refractivity contribution is 9.10. The van der Waals surface area contributed by atoms with Crippen molar-refractivity contribution in [2.75, 3.05) is 7.11 Å². The van der Waals surface area contributed by atoms with E-state index >= 15 is 0 Å². The lowest BCUT2D eigenvalue weighted by Crippen LogP contribution is -1.98. The van der Waals surface area contributed by atoms with Crippen LogP contribution in [0.1, 0.15) is 0 Å². The molecule has 1 aromatic heterocycles. The maximum absolute atomic E-state index is 14.4. The number of benzene rings is 2. The molecule has 2 aromatic carbocycles. The average Bonchev–Trinajstić information content (AvgIpc) is 2.84. The van der Waals surface area contributed by atoms with Gasteiger partial charge in [-0.15, -0.1) is 0 Å². The average molecular weight is 339 g/mol. The summed E-state index contributed by atoms with van der Waals surface area (Å²) in [6.07, 6.45) is 1.45. The molecule has 102 valence electrons. The van der Waals surface area contributed by atoms with Gasteiger partial charge >= 0.3 is 0 Å². The maximum atomic E-state index is 14.4. The Morgan fingerprint density at radius 1 is 1.20 bits per heavy atom. The molecule has 1 heterocycles. The lowest BCUT2D eigenvalue weighted by Gasteiger charge is -2.08. The van der Waals surface area contributed by atoms with E-state index < -0.39 is 17.4 Å². The van der Waals surface area contributed by atoms with Gasteiger partial charge in [-0.25, -0.2) is 13.8 Å². The number of hydrogen-bond acceptors (Lipinski definition) is 2. The fourth-order valence-corrected chi connectivity index (χ4v) is 2.33. The highest BCUT2D eigenvalue weighted by Gasteiger charge is 2.19. The van der Waals surface area contributed by atoms with Gasteiger partial charge in [0.25, 0.3) is 0 Å². The number of rotatable bonds is 2. The summed E-state index contributed by atoms with van der Waals surface area (Å²) in [5.74, 6) is -1.93.